The number of amides is 1. The van der Waals surface area contributed by atoms with Crippen LogP contribution >= 0.6 is 11.6 Å². The minimum absolute atomic E-state index is 0.0140. The van der Waals surface area contributed by atoms with Crippen molar-refractivity contribution in [2.45, 2.75) is 18.9 Å². The highest BCUT2D eigenvalue weighted by molar-refractivity contribution is 6.33. The van der Waals surface area contributed by atoms with E-state index in [4.69, 9.17) is 11.6 Å². The molecule has 1 amide bonds. The van der Waals surface area contributed by atoms with E-state index in [1.165, 1.54) is 18.3 Å². The summed E-state index contributed by atoms with van der Waals surface area (Å²) < 4.78 is 15.1. The van der Waals surface area contributed by atoms with E-state index < -0.39 is 0 Å². The molecule has 2 aromatic heterocycles. The predicted octanol–water partition coefficient (Wildman–Crippen LogP) is 2.42. The molecule has 3 aromatic rings. The fraction of sp³-hybridized carbons (Fsp3) is 0.333. The number of benzene rings is 1. The highest BCUT2D eigenvalue weighted by Crippen LogP contribution is 2.26. The van der Waals surface area contributed by atoms with Crippen molar-refractivity contribution in [2.24, 2.45) is 0 Å². The van der Waals surface area contributed by atoms with Crippen molar-refractivity contribution in [1.82, 2.24) is 30.1 Å². The van der Waals surface area contributed by atoms with Gasteiger partial charge in [-0.05, 0) is 25.0 Å². The van der Waals surface area contributed by atoms with E-state index in [1.54, 1.807) is 15.6 Å². The van der Waals surface area contributed by atoms with E-state index in [1.807, 2.05) is 0 Å². The third-order valence-electron chi connectivity index (χ3n) is 4.27. The Morgan fingerprint density at radius 3 is 3.08 bits per heavy atom. The van der Waals surface area contributed by atoms with Gasteiger partial charge in [0.2, 0.25) is 0 Å². The van der Waals surface area contributed by atoms with Crippen LogP contribution in [0.2, 0.25) is 5.02 Å². The number of aromatic amines is 1. The number of aromatic nitrogens is 5. The number of rotatable bonds is 2. The molecule has 1 atom stereocenters. The van der Waals surface area contributed by atoms with Crippen LogP contribution in [0, 0.1) is 5.82 Å². The van der Waals surface area contributed by atoms with Gasteiger partial charge in [0, 0.05) is 19.2 Å². The van der Waals surface area contributed by atoms with Crippen LogP contribution in [0.1, 0.15) is 29.4 Å². The van der Waals surface area contributed by atoms with Crippen LogP contribution in [0.5, 0.6) is 0 Å². The van der Waals surface area contributed by atoms with Gasteiger partial charge in [-0.3, -0.25) is 9.89 Å². The Balaban J connectivity index is 1.60. The SMILES string of the molecule is O=C(c1[nH]ncc1Cl)N1CCCC(n2nnc3cc(F)ccc32)C1. The topological polar surface area (TPSA) is 79.7 Å². The molecule has 1 fully saturated rings. The zero-order valence-electron chi connectivity index (χ0n) is 12.6. The van der Waals surface area contributed by atoms with Gasteiger partial charge in [0.15, 0.2) is 0 Å². The van der Waals surface area contributed by atoms with E-state index in [0.717, 1.165) is 18.4 Å². The lowest BCUT2D eigenvalue weighted by atomic mass is 10.1. The number of nitrogens with one attached hydrogen (secondary N) is 1. The first-order valence-corrected chi connectivity index (χ1v) is 8.00. The highest BCUT2D eigenvalue weighted by Gasteiger charge is 2.28. The molecule has 1 aliphatic heterocycles. The second-order valence-electron chi connectivity index (χ2n) is 5.81. The quantitative estimate of drug-likeness (QED) is 0.771. The van der Waals surface area contributed by atoms with Crippen molar-refractivity contribution in [3.63, 3.8) is 0 Å². The van der Waals surface area contributed by atoms with Gasteiger partial charge in [0.05, 0.1) is 22.8 Å². The summed E-state index contributed by atoms with van der Waals surface area (Å²) in [5, 5.41) is 14.9. The van der Waals surface area contributed by atoms with Crippen LogP contribution in [0.4, 0.5) is 4.39 Å². The number of halogens is 2. The summed E-state index contributed by atoms with van der Waals surface area (Å²) in [4.78, 5) is 14.3. The monoisotopic (exact) mass is 348 g/mol. The van der Waals surface area contributed by atoms with E-state index in [9.17, 15) is 9.18 Å². The van der Waals surface area contributed by atoms with Crippen LogP contribution < -0.4 is 0 Å². The molecule has 1 N–H and O–H groups in total. The molecule has 1 saturated heterocycles. The summed E-state index contributed by atoms with van der Waals surface area (Å²) in [5.74, 6) is -0.526. The number of fused-ring (bicyclic) bond motifs is 1. The van der Waals surface area contributed by atoms with Crippen LogP contribution in [-0.4, -0.2) is 49.1 Å². The number of carbonyl (C=O) groups excluding carboxylic acids is 1. The summed E-state index contributed by atoms with van der Waals surface area (Å²) in [6.45, 7) is 1.13. The van der Waals surface area contributed by atoms with E-state index >= 15 is 0 Å². The smallest absolute Gasteiger partial charge is 0.273 e. The highest BCUT2D eigenvalue weighted by atomic mass is 35.5. The molecule has 24 heavy (non-hydrogen) atoms. The summed E-state index contributed by atoms with van der Waals surface area (Å²) in [5.41, 5.74) is 1.56. The van der Waals surface area contributed by atoms with Crippen LogP contribution in [-0.2, 0) is 0 Å². The number of nitrogens with zero attached hydrogens (tertiary/aromatic N) is 5. The zero-order valence-corrected chi connectivity index (χ0v) is 13.4. The molecule has 124 valence electrons. The summed E-state index contributed by atoms with van der Waals surface area (Å²) in [6, 6.07) is 4.39. The van der Waals surface area contributed by atoms with Crippen molar-refractivity contribution in [2.75, 3.05) is 13.1 Å². The average Bonchev–Trinajstić information content (AvgIpc) is 3.20. The average molecular weight is 349 g/mol. The maximum atomic E-state index is 13.3. The molecule has 0 saturated carbocycles. The number of piperidine rings is 1. The van der Waals surface area contributed by atoms with Crippen molar-refractivity contribution in [3.8, 4) is 0 Å². The van der Waals surface area contributed by atoms with Crippen LogP contribution in [0.3, 0.4) is 0 Å². The molecule has 4 rings (SSSR count). The van der Waals surface area contributed by atoms with Gasteiger partial charge in [-0.1, -0.05) is 16.8 Å². The maximum absolute atomic E-state index is 13.3. The normalized spacial score (nSPS) is 18.2. The van der Waals surface area contributed by atoms with E-state index in [-0.39, 0.29) is 17.8 Å². The Morgan fingerprint density at radius 2 is 2.29 bits per heavy atom. The number of H-pyrrole nitrogens is 1. The largest absolute Gasteiger partial charge is 0.335 e. The second-order valence-corrected chi connectivity index (χ2v) is 6.21. The molecule has 0 bridgehead atoms. The Morgan fingerprint density at radius 1 is 1.42 bits per heavy atom. The lowest BCUT2D eigenvalue weighted by Gasteiger charge is -2.32. The fourth-order valence-corrected chi connectivity index (χ4v) is 3.27. The minimum atomic E-state index is -0.344. The lowest BCUT2D eigenvalue weighted by molar-refractivity contribution is 0.0668. The fourth-order valence-electron chi connectivity index (χ4n) is 3.10. The van der Waals surface area contributed by atoms with Crippen molar-refractivity contribution >= 4 is 28.5 Å². The predicted molar refractivity (Wildman–Crippen MR) is 85.3 cm³/mol. The van der Waals surface area contributed by atoms with Gasteiger partial charge in [0.1, 0.15) is 17.0 Å². The molecule has 0 radical (unpaired) electrons. The number of hydrogen-bond acceptors (Lipinski definition) is 4. The number of hydrogen-bond donors (Lipinski definition) is 1. The van der Waals surface area contributed by atoms with Crippen molar-refractivity contribution < 1.29 is 9.18 Å². The van der Waals surface area contributed by atoms with Gasteiger partial charge in [-0.15, -0.1) is 5.10 Å². The zero-order chi connectivity index (χ0) is 16.7. The second kappa shape index (κ2) is 5.86. The third kappa shape index (κ3) is 2.52. The Bertz CT molecular complexity index is 906. The van der Waals surface area contributed by atoms with Gasteiger partial charge in [-0.2, -0.15) is 5.10 Å². The van der Waals surface area contributed by atoms with Crippen molar-refractivity contribution in [1.29, 1.82) is 0 Å². The van der Waals surface area contributed by atoms with E-state index in [0.29, 0.717) is 29.3 Å². The Hall–Kier alpha value is -2.48. The molecule has 0 spiro atoms. The molecule has 1 unspecified atom stereocenters. The first kappa shape index (κ1) is 15.1. The molecule has 1 aromatic carbocycles. The molecular weight excluding hydrogens is 335 g/mol. The molecule has 0 aliphatic carbocycles. The molecule has 3 heterocycles. The summed E-state index contributed by atoms with van der Waals surface area (Å²) in [7, 11) is 0. The van der Waals surface area contributed by atoms with Crippen molar-refractivity contribution in [3.05, 3.63) is 40.9 Å². The summed E-state index contributed by atoms with van der Waals surface area (Å²) in [6.07, 6.45) is 3.12. The maximum Gasteiger partial charge on any atom is 0.273 e. The molecule has 9 heteroatoms. The third-order valence-corrected chi connectivity index (χ3v) is 4.56. The molecule has 1 aliphatic rings. The van der Waals surface area contributed by atoms with Crippen LogP contribution in [0.15, 0.2) is 24.4 Å². The Labute approximate surface area is 141 Å². The Kier molecular flexibility index (Phi) is 3.68. The first-order chi connectivity index (χ1) is 11.6. The minimum Gasteiger partial charge on any atom is -0.335 e. The van der Waals surface area contributed by atoms with Gasteiger partial charge in [-0.25, -0.2) is 9.07 Å². The standard InChI is InChI=1S/C15H14ClFN6O/c16-11-7-18-20-14(11)15(24)22-5-1-2-10(8-22)23-13-4-3-9(17)6-12(13)19-21-23/h3-4,6-7,10H,1-2,5,8H2,(H,18,20). The molecule has 7 nitrogen and oxygen atoms in total. The number of carbonyl (C=O) groups is 1. The number of likely N-dealkylation sites (tertiary alicyclic amines) is 1. The van der Waals surface area contributed by atoms with E-state index in [2.05, 4.69) is 20.5 Å². The van der Waals surface area contributed by atoms with Crippen LogP contribution in [0.25, 0.3) is 11.0 Å². The lowest BCUT2D eigenvalue weighted by Crippen LogP contribution is -2.41. The van der Waals surface area contributed by atoms with Gasteiger partial charge in [0.25, 0.3) is 5.91 Å². The molecular formula is C15H14ClFN6O. The van der Waals surface area contributed by atoms with Gasteiger partial charge < -0.3 is 4.90 Å². The van der Waals surface area contributed by atoms with Gasteiger partial charge >= 0.3 is 0 Å². The first-order valence-electron chi connectivity index (χ1n) is 7.62. The summed E-state index contributed by atoms with van der Waals surface area (Å²) >= 11 is 5.98.